The molecule has 0 amide bonds. The minimum absolute atomic E-state index is 0.188. The van der Waals surface area contributed by atoms with Gasteiger partial charge in [-0.2, -0.15) is 9.78 Å². The number of aromatic carboxylic acids is 1. The highest BCUT2D eigenvalue weighted by Gasteiger charge is 2.22. The van der Waals surface area contributed by atoms with Crippen molar-refractivity contribution in [3.8, 4) is 5.69 Å². The van der Waals surface area contributed by atoms with Crippen LogP contribution in [0.1, 0.15) is 59.9 Å². The van der Waals surface area contributed by atoms with Crippen molar-refractivity contribution < 1.29 is 9.90 Å². The zero-order valence-corrected chi connectivity index (χ0v) is 20.0. The summed E-state index contributed by atoms with van der Waals surface area (Å²) >= 11 is 3.45. The number of hydrogen-bond acceptors (Lipinski definition) is 4. The van der Waals surface area contributed by atoms with E-state index in [2.05, 4.69) is 21.0 Å². The molecule has 5 rings (SSSR count). The molecular weight excluding hydrogens is 496 g/mol. The van der Waals surface area contributed by atoms with Gasteiger partial charge in [-0.1, -0.05) is 35.2 Å². The number of nitrogens with zero attached hydrogens (tertiary/aromatic N) is 4. The molecule has 2 aromatic heterocycles. The van der Waals surface area contributed by atoms with E-state index in [1.807, 2.05) is 35.0 Å². The number of carboxylic acids is 1. The number of fused-ring (bicyclic) bond motifs is 1. The molecule has 1 N–H and O–H groups in total. The third-order valence-corrected chi connectivity index (χ3v) is 6.78. The van der Waals surface area contributed by atoms with Crippen LogP contribution in [-0.2, 0) is 0 Å². The summed E-state index contributed by atoms with van der Waals surface area (Å²) in [5.74, 6) is -0.0624. The predicted octanol–water partition coefficient (Wildman–Crippen LogP) is 5.58. The fourth-order valence-electron chi connectivity index (χ4n) is 4.52. The fourth-order valence-corrected chi connectivity index (χ4v) is 4.88. The van der Waals surface area contributed by atoms with Gasteiger partial charge in [-0.15, -0.1) is 0 Å². The van der Waals surface area contributed by atoms with Gasteiger partial charge in [0.25, 0.3) is 5.56 Å². The molecule has 2 heterocycles. The summed E-state index contributed by atoms with van der Waals surface area (Å²) in [6.07, 6.45) is 8.98. The third kappa shape index (κ3) is 4.33. The first kappa shape index (κ1) is 22.3. The number of benzene rings is 2. The molecule has 2 aromatic carbocycles. The van der Waals surface area contributed by atoms with Crippen molar-refractivity contribution in [2.45, 2.75) is 38.0 Å². The first-order valence-corrected chi connectivity index (χ1v) is 12.1. The quantitative estimate of drug-likeness (QED) is 0.349. The lowest BCUT2D eigenvalue weighted by atomic mass is 9.88. The Bertz CT molecular complexity index is 1450. The van der Waals surface area contributed by atoms with E-state index in [0.29, 0.717) is 16.7 Å². The second kappa shape index (κ2) is 9.38. The molecule has 0 aliphatic heterocycles. The maximum atomic E-state index is 13.5. The van der Waals surface area contributed by atoms with E-state index in [9.17, 15) is 9.59 Å². The lowest BCUT2D eigenvalue weighted by molar-refractivity contribution is 0.0697. The van der Waals surface area contributed by atoms with Gasteiger partial charge in [0, 0.05) is 22.3 Å². The Labute approximate surface area is 204 Å². The molecule has 0 atom stereocenters. The number of halogens is 1. The van der Waals surface area contributed by atoms with Crippen molar-refractivity contribution in [3.05, 3.63) is 92.7 Å². The van der Waals surface area contributed by atoms with Crippen molar-refractivity contribution in [2.75, 3.05) is 0 Å². The Morgan fingerprint density at radius 3 is 2.59 bits per heavy atom. The molecule has 0 radical (unpaired) electrons. The first-order valence-electron chi connectivity index (χ1n) is 11.3. The highest BCUT2D eigenvalue weighted by Crippen LogP contribution is 2.32. The number of rotatable bonds is 5. The number of hydrogen-bond donors (Lipinski definition) is 1. The highest BCUT2D eigenvalue weighted by molar-refractivity contribution is 9.10. The Morgan fingerprint density at radius 1 is 1.09 bits per heavy atom. The lowest BCUT2D eigenvalue weighted by Gasteiger charge is -2.22. The van der Waals surface area contributed by atoms with E-state index < -0.39 is 5.97 Å². The summed E-state index contributed by atoms with van der Waals surface area (Å²) in [7, 11) is 0. The van der Waals surface area contributed by atoms with Crippen LogP contribution >= 0.6 is 15.9 Å². The van der Waals surface area contributed by atoms with Crippen LogP contribution in [0.4, 0.5) is 0 Å². The largest absolute Gasteiger partial charge is 0.478 e. The molecule has 172 valence electrons. The van der Waals surface area contributed by atoms with Gasteiger partial charge in [-0.05, 0) is 67.4 Å². The van der Waals surface area contributed by atoms with Crippen LogP contribution in [0, 0.1) is 0 Å². The minimum Gasteiger partial charge on any atom is -0.478 e. The van der Waals surface area contributed by atoms with Crippen molar-refractivity contribution in [1.82, 2.24) is 14.2 Å². The van der Waals surface area contributed by atoms with Crippen molar-refractivity contribution in [2.24, 2.45) is 5.10 Å². The van der Waals surface area contributed by atoms with E-state index in [0.717, 1.165) is 41.5 Å². The van der Waals surface area contributed by atoms with Gasteiger partial charge >= 0.3 is 5.97 Å². The van der Waals surface area contributed by atoms with Crippen LogP contribution < -0.4 is 5.56 Å². The maximum absolute atomic E-state index is 13.5. The second-order valence-electron chi connectivity index (χ2n) is 8.48. The van der Waals surface area contributed by atoms with Crippen molar-refractivity contribution in [1.29, 1.82) is 0 Å². The third-order valence-electron chi connectivity index (χ3n) is 6.28. The first-order chi connectivity index (χ1) is 16.5. The monoisotopic (exact) mass is 518 g/mol. The SMILES string of the molecule is O=C(O)c1ccc(-n2cccc2C=Nn2c(C3CCCCC3)nc3ccc(Br)cc3c2=O)cc1. The standard InChI is InChI=1S/C26H23BrN4O3/c27-19-10-13-23-22(15-19)25(32)31(24(29-23)17-5-2-1-3-6-17)28-16-21-7-4-14-30(21)20-11-8-18(9-12-20)26(33)34/h4,7-17H,1-3,5-6H2,(H,33,34). The van der Waals surface area contributed by atoms with E-state index in [1.54, 1.807) is 36.5 Å². The molecule has 1 aliphatic carbocycles. The van der Waals surface area contributed by atoms with E-state index >= 15 is 0 Å². The molecule has 0 bridgehead atoms. The summed E-state index contributed by atoms with van der Waals surface area (Å²) in [6.45, 7) is 0. The molecule has 34 heavy (non-hydrogen) atoms. The Kier molecular flexibility index (Phi) is 6.15. The van der Waals surface area contributed by atoms with Gasteiger partial charge in [-0.3, -0.25) is 4.79 Å². The molecule has 1 fully saturated rings. The second-order valence-corrected chi connectivity index (χ2v) is 9.40. The average molecular weight is 519 g/mol. The van der Waals surface area contributed by atoms with E-state index in [-0.39, 0.29) is 17.0 Å². The summed E-state index contributed by atoms with van der Waals surface area (Å²) in [5.41, 5.74) is 2.29. The van der Waals surface area contributed by atoms with Gasteiger partial charge in [-0.25, -0.2) is 9.78 Å². The van der Waals surface area contributed by atoms with Gasteiger partial charge in [0.1, 0.15) is 5.82 Å². The Morgan fingerprint density at radius 2 is 1.85 bits per heavy atom. The van der Waals surface area contributed by atoms with Crippen LogP contribution in [0.15, 0.2) is 75.2 Å². The molecule has 1 aliphatic rings. The molecule has 1 saturated carbocycles. The predicted molar refractivity (Wildman–Crippen MR) is 135 cm³/mol. The maximum Gasteiger partial charge on any atom is 0.335 e. The Balaban J connectivity index is 1.58. The minimum atomic E-state index is -0.967. The van der Waals surface area contributed by atoms with Crippen molar-refractivity contribution in [3.63, 3.8) is 0 Å². The molecule has 0 unspecified atom stereocenters. The molecular formula is C26H23BrN4O3. The summed E-state index contributed by atoms with van der Waals surface area (Å²) in [5, 5.41) is 14.3. The summed E-state index contributed by atoms with van der Waals surface area (Å²) in [4.78, 5) is 29.5. The van der Waals surface area contributed by atoms with Crippen LogP contribution in [0.2, 0.25) is 0 Å². The van der Waals surface area contributed by atoms with Crippen LogP contribution in [0.5, 0.6) is 0 Å². The molecule has 8 heteroatoms. The molecule has 0 saturated heterocycles. The van der Waals surface area contributed by atoms with Crippen molar-refractivity contribution >= 4 is 39.0 Å². The zero-order chi connectivity index (χ0) is 23.7. The number of aromatic nitrogens is 3. The smallest absolute Gasteiger partial charge is 0.335 e. The number of carboxylic acid groups (broad SMARTS) is 1. The van der Waals surface area contributed by atoms with Crippen LogP contribution in [0.3, 0.4) is 0 Å². The lowest BCUT2D eigenvalue weighted by Crippen LogP contribution is -2.25. The number of carbonyl (C=O) groups is 1. The normalized spacial score (nSPS) is 14.7. The van der Waals surface area contributed by atoms with E-state index in [1.165, 1.54) is 11.1 Å². The Hall–Kier alpha value is -3.52. The fraction of sp³-hybridized carbons (Fsp3) is 0.231. The highest BCUT2D eigenvalue weighted by atomic mass is 79.9. The van der Waals surface area contributed by atoms with E-state index in [4.69, 9.17) is 10.1 Å². The average Bonchev–Trinajstić information content (AvgIpc) is 3.33. The molecule has 0 spiro atoms. The van der Waals surface area contributed by atoms with Gasteiger partial charge in [0.2, 0.25) is 0 Å². The van der Waals surface area contributed by atoms with Crippen LogP contribution in [-0.4, -0.2) is 31.5 Å². The molecule has 7 nitrogen and oxygen atoms in total. The van der Waals surface area contributed by atoms with Gasteiger partial charge < -0.3 is 9.67 Å². The van der Waals surface area contributed by atoms with Gasteiger partial charge in [0.15, 0.2) is 0 Å². The topological polar surface area (TPSA) is 89.5 Å². The molecule has 4 aromatic rings. The zero-order valence-electron chi connectivity index (χ0n) is 18.4. The van der Waals surface area contributed by atoms with Gasteiger partial charge in [0.05, 0.1) is 28.4 Å². The van der Waals surface area contributed by atoms with Crippen LogP contribution in [0.25, 0.3) is 16.6 Å². The summed E-state index contributed by atoms with van der Waals surface area (Å²) in [6, 6.07) is 15.9. The summed E-state index contributed by atoms with van der Waals surface area (Å²) < 4.78 is 4.17.